The molecule has 1 aliphatic rings. The minimum Gasteiger partial charge on any atom is -0.266 e. The molecule has 1 aromatic carbocycles. The average Bonchev–Trinajstić information content (AvgIpc) is 3.10. The van der Waals surface area contributed by atoms with Gasteiger partial charge in [0.05, 0.1) is 16.7 Å². The van der Waals surface area contributed by atoms with E-state index < -0.39 is 40.6 Å². The lowest BCUT2D eigenvalue weighted by molar-refractivity contribution is 0.0959. The second-order valence-corrected chi connectivity index (χ2v) is 7.40. The van der Waals surface area contributed by atoms with Crippen LogP contribution < -0.4 is 5.43 Å². The molecule has 1 atom stereocenters. The van der Waals surface area contributed by atoms with E-state index in [2.05, 4.69) is 17.5 Å². The number of benzene rings is 1. The highest BCUT2D eigenvalue weighted by Gasteiger charge is 2.25. The van der Waals surface area contributed by atoms with E-state index in [4.69, 9.17) is 0 Å². The van der Waals surface area contributed by atoms with E-state index in [1.54, 1.807) is 6.07 Å². The molecule has 27 heavy (non-hydrogen) atoms. The summed E-state index contributed by atoms with van der Waals surface area (Å²) in [5.41, 5.74) is 1.94. The van der Waals surface area contributed by atoms with Gasteiger partial charge >= 0.3 is 0 Å². The van der Waals surface area contributed by atoms with Crippen LogP contribution in [0.15, 0.2) is 11.2 Å². The van der Waals surface area contributed by atoms with Crippen molar-refractivity contribution < 1.29 is 26.7 Å². The molecule has 1 N–H and O–H groups in total. The van der Waals surface area contributed by atoms with E-state index in [1.165, 1.54) is 11.3 Å². The minimum absolute atomic E-state index is 0.381. The number of amides is 1. The Morgan fingerprint density at radius 2 is 1.81 bits per heavy atom. The van der Waals surface area contributed by atoms with E-state index in [-0.39, 0.29) is 0 Å². The fourth-order valence-corrected chi connectivity index (χ4v) is 4.10. The van der Waals surface area contributed by atoms with Gasteiger partial charge in [0.1, 0.15) is 0 Å². The molecular formula is C18H15F5N2OS. The second-order valence-electron chi connectivity index (χ2n) is 6.26. The van der Waals surface area contributed by atoms with E-state index in [0.29, 0.717) is 17.0 Å². The van der Waals surface area contributed by atoms with Crippen molar-refractivity contribution in [1.82, 2.24) is 5.43 Å². The third-order valence-corrected chi connectivity index (χ3v) is 5.83. The first-order valence-corrected chi connectivity index (χ1v) is 9.11. The summed E-state index contributed by atoms with van der Waals surface area (Å²) >= 11 is 1.31. The summed E-state index contributed by atoms with van der Waals surface area (Å²) in [6, 6.07) is 1.76. The number of halogens is 5. The molecule has 1 amide bonds. The molecule has 1 heterocycles. The van der Waals surface area contributed by atoms with Gasteiger partial charge in [-0.05, 0) is 36.8 Å². The third kappa shape index (κ3) is 3.73. The Hall–Kier alpha value is -2.29. The molecule has 3 rings (SSSR count). The predicted octanol–water partition coefficient (Wildman–Crippen LogP) is 4.72. The highest BCUT2D eigenvalue weighted by atomic mass is 32.1. The van der Waals surface area contributed by atoms with Crippen molar-refractivity contribution >= 4 is 23.5 Å². The van der Waals surface area contributed by atoms with Crippen molar-refractivity contribution in [3.05, 3.63) is 56.0 Å². The van der Waals surface area contributed by atoms with Crippen molar-refractivity contribution in [3.8, 4) is 0 Å². The van der Waals surface area contributed by atoms with Gasteiger partial charge in [-0.15, -0.1) is 11.3 Å². The Labute approximate surface area is 155 Å². The lowest BCUT2D eigenvalue weighted by Gasteiger charge is -2.19. The number of aryl methyl sites for hydroxylation is 1. The summed E-state index contributed by atoms with van der Waals surface area (Å²) in [6.07, 6.45) is 4.30. The molecule has 3 nitrogen and oxygen atoms in total. The summed E-state index contributed by atoms with van der Waals surface area (Å²) in [5.74, 6) is -10.4. The van der Waals surface area contributed by atoms with E-state index in [9.17, 15) is 26.7 Å². The second kappa shape index (κ2) is 7.75. The molecule has 0 radical (unpaired) electrons. The highest BCUT2D eigenvalue weighted by molar-refractivity contribution is 7.14. The number of hydrazone groups is 1. The van der Waals surface area contributed by atoms with Gasteiger partial charge in [0.15, 0.2) is 23.3 Å². The van der Waals surface area contributed by atoms with Crippen LogP contribution in [-0.2, 0) is 12.8 Å². The number of hydrogen-bond donors (Lipinski definition) is 1. The first-order chi connectivity index (χ1) is 12.8. The number of nitrogens with zero attached hydrogens (tertiary/aromatic N) is 1. The Morgan fingerprint density at radius 3 is 2.44 bits per heavy atom. The van der Waals surface area contributed by atoms with Gasteiger partial charge in [-0.2, -0.15) is 5.10 Å². The Balaban J connectivity index is 1.75. The summed E-state index contributed by atoms with van der Waals surface area (Å²) < 4.78 is 66.4. The van der Waals surface area contributed by atoms with Crippen LogP contribution >= 0.6 is 11.3 Å². The zero-order valence-electron chi connectivity index (χ0n) is 14.2. The van der Waals surface area contributed by atoms with Gasteiger partial charge in [0.25, 0.3) is 5.91 Å². The molecule has 9 heteroatoms. The fourth-order valence-electron chi connectivity index (χ4n) is 3.01. The summed E-state index contributed by atoms with van der Waals surface area (Å²) in [5, 5.41) is 3.34. The molecule has 0 fully saturated rings. The van der Waals surface area contributed by atoms with E-state index in [0.717, 1.165) is 36.1 Å². The van der Waals surface area contributed by atoms with Crippen LogP contribution in [0, 0.1) is 35.0 Å². The average molecular weight is 402 g/mol. The number of nitrogens with one attached hydrogen (secondary N) is 1. The van der Waals surface area contributed by atoms with Crippen molar-refractivity contribution in [2.45, 2.75) is 32.6 Å². The van der Waals surface area contributed by atoms with Gasteiger partial charge in [-0.1, -0.05) is 13.3 Å². The summed E-state index contributed by atoms with van der Waals surface area (Å²) in [7, 11) is 0. The molecule has 0 aliphatic heterocycles. The first kappa shape index (κ1) is 19.5. The highest BCUT2D eigenvalue weighted by Crippen LogP contribution is 2.33. The first-order valence-electron chi connectivity index (χ1n) is 8.29. The zero-order chi connectivity index (χ0) is 19.7. The molecule has 1 aliphatic carbocycles. The molecule has 0 bridgehead atoms. The quantitative estimate of drug-likeness (QED) is 0.260. The molecule has 2 aromatic rings. The molecular weight excluding hydrogens is 387 g/mol. The topological polar surface area (TPSA) is 41.5 Å². The van der Waals surface area contributed by atoms with Gasteiger partial charge in [-0.3, -0.25) is 4.79 Å². The van der Waals surface area contributed by atoms with Gasteiger partial charge in [-0.25, -0.2) is 27.4 Å². The fraction of sp³-hybridized carbons (Fsp3) is 0.333. The van der Waals surface area contributed by atoms with Crippen LogP contribution in [0.5, 0.6) is 0 Å². The van der Waals surface area contributed by atoms with Crippen LogP contribution in [0.4, 0.5) is 22.0 Å². The number of fused-ring (bicyclic) bond motifs is 1. The maximum Gasteiger partial charge on any atom is 0.281 e. The number of carbonyl (C=O) groups excluding carboxylic acids is 1. The van der Waals surface area contributed by atoms with Crippen LogP contribution in [0.3, 0.4) is 0 Å². The molecule has 0 saturated heterocycles. The van der Waals surface area contributed by atoms with Gasteiger partial charge < -0.3 is 0 Å². The molecule has 0 spiro atoms. The maximum atomic E-state index is 13.6. The van der Waals surface area contributed by atoms with Crippen molar-refractivity contribution in [1.29, 1.82) is 0 Å². The van der Waals surface area contributed by atoms with E-state index in [1.807, 2.05) is 0 Å². The van der Waals surface area contributed by atoms with Crippen LogP contribution in [0.25, 0.3) is 0 Å². The smallest absolute Gasteiger partial charge is 0.266 e. The third-order valence-electron chi connectivity index (χ3n) is 4.59. The largest absolute Gasteiger partial charge is 0.281 e. The standard InChI is InChI=1S/C18H15F5N2OS/c1-2-8-3-4-11-9(5-8)6-12(27-11)18(26)25-24-7-10-13(19)15(21)17(23)16(22)14(10)20/h6-8H,2-5H2,1H3,(H,25,26)/b24-7-/t8-/m1/s1. The van der Waals surface area contributed by atoms with Crippen LogP contribution in [-0.4, -0.2) is 12.1 Å². The minimum atomic E-state index is -2.25. The van der Waals surface area contributed by atoms with Crippen LogP contribution in [0.2, 0.25) is 0 Å². The predicted molar refractivity (Wildman–Crippen MR) is 91.4 cm³/mol. The molecule has 0 saturated carbocycles. The normalized spacial score (nSPS) is 16.6. The summed E-state index contributed by atoms with van der Waals surface area (Å²) in [4.78, 5) is 13.7. The van der Waals surface area contributed by atoms with Gasteiger partial charge in [0.2, 0.25) is 5.82 Å². The maximum absolute atomic E-state index is 13.6. The lowest BCUT2D eigenvalue weighted by Crippen LogP contribution is -2.17. The van der Waals surface area contributed by atoms with Crippen LogP contribution in [0.1, 0.15) is 45.4 Å². The molecule has 0 unspecified atom stereocenters. The molecule has 144 valence electrons. The van der Waals surface area contributed by atoms with Crippen molar-refractivity contribution in [2.24, 2.45) is 11.0 Å². The Bertz CT molecular complexity index is 896. The number of rotatable bonds is 4. The Morgan fingerprint density at radius 1 is 1.19 bits per heavy atom. The van der Waals surface area contributed by atoms with Crippen molar-refractivity contribution in [3.63, 3.8) is 0 Å². The van der Waals surface area contributed by atoms with Crippen molar-refractivity contribution in [2.75, 3.05) is 0 Å². The molecule has 1 aromatic heterocycles. The Kier molecular flexibility index (Phi) is 5.59. The monoisotopic (exact) mass is 402 g/mol. The SMILES string of the molecule is CC[C@@H]1CCc2sc(C(=O)N/N=C\c3c(F)c(F)c(F)c(F)c3F)cc2C1. The lowest BCUT2D eigenvalue weighted by atomic mass is 9.87. The number of thiophene rings is 1. The summed E-state index contributed by atoms with van der Waals surface area (Å²) in [6.45, 7) is 2.11. The van der Waals surface area contributed by atoms with Gasteiger partial charge in [0, 0.05) is 4.88 Å². The number of hydrogen-bond acceptors (Lipinski definition) is 3. The number of carbonyl (C=O) groups is 1. The van der Waals surface area contributed by atoms with E-state index >= 15 is 0 Å². The zero-order valence-corrected chi connectivity index (χ0v) is 15.0.